The van der Waals surface area contributed by atoms with Crippen molar-refractivity contribution in [2.45, 2.75) is 0 Å². The van der Waals surface area contributed by atoms with E-state index in [9.17, 15) is 4.79 Å². The van der Waals surface area contributed by atoms with Crippen LogP contribution in [0.5, 0.6) is 0 Å². The predicted octanol–water partition coefficient (Wildman–Crippen LogP) is 0.253. The lowest BCUT2D eigenvalue weighted by atomic mass is 10.3. The number of hydrogen-bond donors (Lipinski definition) is 1. The van der Waals surface area contributed by atoms with Crippen LogP contribution in [-0.4, -0.2) is 14.8 Å². The zero-order valence-electron chi connectivity index (χ0n) is 6.21. The molecule has 0 aromatic carbocycles. The molecule has 1 aromatic rings. The monoisotopic (exact) mass is 184 g/mol. The Kier molecular flexibility index (Phi) is 2.02. The number of imidazole rings is 1. The van der Waals surface area contributed by atoms with E-state index in [1.165, 1.54) is 11.6 Å². The molecule has 0 saturated carbocycles. The number of nitrogens with two attached hydrogens (primary N) is 1. The summed E-state index contributed by atoms with van der Waals surface area (Å²) in [4.78, 5) is 14.4. The zero-order valence-corrected chi connectivity index (χ0v) is 6.96. The molecule has 0 spiro atoms. The molecular weight excluding hydrogens is 180 g/mol. The second-order valence-corrected chi connectivity index (χ2v) is 2.46. The highest BCUT2D eigenvalue weighted by atomic mass is 35.5. The highest BCUT2D eigenvalue weighted by Gasteiger charge is 2.17. The first-order valence-corrected chi connectivity index (χ1v) is 3.37. The molecule has 2 N–H and O–H groups in total. The summed E-state index contributed by atoms with van der Waals surface area (Å²) in [5.41, 5.74) is 5.32. The maximum atomic E-state index is 10.8. The fourth-order valence-corrected chi connectivity index (χ4v) is 1.04. The number of carbonyl (C=O) groups is 1. The van der Waals surface area contributed by atoms with Crippen molar-refractivity contribution in [1.82, 2.24) is 9.55 Å². The van der Waals surface area contributed by atoms with Crippen molar-refractivity contribution in [3.8, 4) is 6.07 Å². The van der Waals surface area contributed by atoms with Crippen molar-refractivity contribution in [3.63, 3.8) is 0 Å². The molecule has 0 atom stereocenters. The van der Waals surface area contributed by atoms with Gasteiger partial charge in [0.2, 0.25) is 5.95 Å². The molecule has 0 aliphatic carbocycles. The van der Waals surface area contributed by atoms with Crippen LogP contribution in [0.15, 0.2) is 0 Å². The van der Waals surface area contributed by atoms with Gasteiger partial charge in [0.05, 0.1) is 0 Å². The summed E-state index contributed by atoms with van der Waals surface area (Å²) in [5, 5.41) is 7.78. The first-order valence-electron chi connectivity index (χ1n) is 3.00. The zero-order chi connectivity index (χ0) is 9.30. The van der Waals surface area contributed by atoms with Crippen molar-refractivity contribution in [1.29, 1.82) is 5.26 Å². The second-order valence-electron chi connectivity index (χ2n) is 2.11. The van der Waals surface area contributed by atoms with Gasteiger partial charge in [-0.2, -0.15) is 5.26 Å². The third-order valence-corrected chi connectivity index (χ3v) is 1.60. The summed E-state index contributed by atoms with van der Waals surface area (Å²) in [6, 6.07) is 1.72. The van der Waals surface area contributed by atoms with Gasteiger partial charge in [0.15, 0.2) is 5.69 Å². The van der Waals surface area contributed by atoms with Gasteiger partial charge in [-0.25, -0.2) is 4.98 Å². The summed E-state index contributed by atoms with van der Waals surface area (Å²) in [6.07, 6.45) is 0. The van der Waals surface area contributed by atoms with Gasteiger partial charge in [0.25, 0.3) is 5.24 Å². The highest BCUT2D eigenvalue weighted by Crippen LogP contribution is 2.12. The van der Waals surface area contributed by atoms with Crippen LogP contribution in [0, 0.1) is 11.3 Å². The summed E-state index contributed by atoms with van der Waals surface area (Å²) in [6.45, 7) is 0. The molecule has 0 fully saturated rings. The minimum atomic E-state index is -0.738. The fourth-order valence-electron chi connectivity index (χ4n) is 0.819. The van der Waals surface area contributed by atoms with Gasteiger partial charge in [0.1, 0.15) is 11.8 Å². The topological polar surface area (TPSA) is 84.7 Å². The molecule has 1 rings (SSSR count). The first kappa shape index (κ1) is 8.56. The van der Waals surface area contributed by atoms with Crippen LogP contribution in [0.25, 0.3) is 0 Å². The van der Waals surface area contributed by atoms with E-state index in [0.29, 0.717) is 0 Å². The number of nitrogen functional groups attached to an aromatic ring is 1. The largest absolute Gasteiger partial charge is 0.369 e. The molecule has 0 unspecified atom stereocenters. The Morgan fingerprint density at radius 1 is 1.83 bits per heavy atom. The average Bonchev–Trinajstić information content (AvgIpc) is 2.28. The minimum Gasteiger partial charge on any atom is -0.369 e. The Labute approximate surface area is 73.4 Å². The molecule has 1 aromatic heterocycles. The third kappa shape index (κ3) is 1.12. The van der Waals surface area contributed by atoms with Crippen LogP contribution in [0.3, 0.4) is 0 Å². The molecule has 6 heteroatoms. The van der Waals surface area contributed by atoms with Crippen LogP contribution in [0.1, 0.15) is 16.2 Å². The number of nitrogens with zero attached hydrogens (tertiary/aromatic N) is 3. The Hall–Kier alpha value is -1.54. The van der Waals surface area contributed by atoms with Gasteiger partial charge in [-0.1, -0.05) is 0 Å². The predicted molar refractivity (Wildman–Crippen MR) is 42.5 cm³/mol. The smallest absolute Gasteiger partial charge is 0.271 e. The molecule has 5 nitrogen and oxygen atoms in total. The van der Waals surface area contributed by atoms with E-state index in [1.807, 2.05) is 0 Å². The number of carbonyl (C=O) groups excluding carboxylic acids is 1. The van der Waals surface area contributed by atoms with Gasteiger partial charge in [-0.15, -0.1) is 0 Å². The standard InChI is InChI=1S/C6H5ClN4O/c1-11-4(5(7)12)3(2-8)10-6(11)9/h1H3,(H2,9,10). The Balaban J connectivity index is 3.44. The van der Waals surface area contributed by atoms with E-state index in [-0.39, 0.29) is 17.3 Å². The number of aromatic nitrogens is 2. The Bertz CT molecular complexity index is 376. The lowest BCUT2D eigenvalue weighted by Crippen LogP contribution is -2.04. The lowest BCUT2D eigenvalue weighted by Gasteiger charge is -1.95. The second kappa shape index (κ2) is 2.83. The van der Waals surface area contributed by atoms with Crippen LogP contribution < -0.4 is 5.73 Å². The maximum Gasteiger partial charge on any atom is 0.271 e. The molecule has 0 saturated heterocycles. The average molecular weight is 185 g/mol. The van der Waals surface area contributed by atoms with Crippen molar-refractivity contribution < 1.29 is 4.79 Å². The van der Waals surface area contributed by atoms with E-state index < -0.39 is 5.24 Å². The van der Waals surface area contributed by atoms with E-state index in [1.54, 1.807) is 6.07 Å². The molecule has 0 aliphatic heterocycles. The Morgan fingerprint density at radius 2 is 2.42 bits per heavy atom. The maximum absolute atomic E-state index is 10.8. The molecule has 1 heterocycles. The summed E-state index contributed by atoms with van der Waals surface area (Å²) in [5.74, 6) is 0.0931. The molecule has 12 heavy (non-hydrogen) atoms. The van der Waals surface area contributed by atoms with Crippen LogP contribution in [-0.2, 0) is 7.05 Å². The first-order chi connectivity index (χ1) is 5.57. The highest BCUT2D eigenvalue weighted by molar-refractivity contribution is 6.67. The van der Waals surface area contributed by atoms with Crippen molar-refractivity contribution in [2.75, 3.05) is 5.73 Å². The van der Waals surface area contributed by atoms with Gasteiger partial charge in [-0.05, 0) is 11.6 Å². The normalized spacial score (nSPS) is 9.42. The molecule has 0 amide bonds. The van der Waals surface area contributed by atoms with Gasteiger partial charge in [-0.3, -0.25) is 4.79 Å². The van der Waals surface area contributed by atoms with Gasteiger partial charge in [0, 0.05) is 7.05 Å². The van der Waals surface area contributed by atoms with E-state index in [4.69, 9.17) is 22.6 Å². The number of nitriles is 1. The number of hydrogen-bond acceptors (Lipinski definition) is 4. The van der Waals surface area contributed by atoms with Gasteiger partial charge >= 0.3 is 0 Å². The van der Waals surface area contributed by atoms with E-state index in [0.717, 1.165) is 0 Å². The van der Waals surface area contributed by atoms with Crippen LogP contribution >= 0.6 is 11.6 Å². The lowest BCUT2D eigenvalue weighted by molar-refractivity contribution is 0.107. The summed E-state index contributed by atoms with van der Waals surface area (Å²) < 4.78 is 1.27. The van der Waals surface area contributed by atoms with Crippen LogP contribution in [0.2, 0.25) is 0 Å². The Morgan fingerprint density at radius 3 is 2.75 bits per heavy atom. The third-order valence-electron chi connectivity index (χ3n) is 1.42. The van der Waals surface area contributed by atoms with Crippen molar-refractivity contribution >= 4 is 22.8 Å². The SMILES string of the molecule is Cn1c(N)nc(C#N)c1C(=O)Cl. The molecule has 0 aliphatic rings. The van der Waals surface area contributed by atoms with Crippen molar-refractivity contribution in [3.05, 3.63) is 11.4 Å². The number of halogens is 1. The van der Waals surface area contributed by atoms with E-state index >= 15 is 0 Å². The van der Waals surface area contributed by atoms with Crippen molar-refractivity contribution in [2.24, 2.45) is 7.05 Å². The summed E-state index contributed by atoms with van der Waals surface area (Å²) in [7, 11) is 1.51. The quantitative estimate of drug-likeness (QED) is 0.635. The molecule has 0 bridgehead atoms. The van der Waals surface area contributed by atoms with Crippen LogP contribution in [0.4, 0.5) is 5.95 Å². The molecule has 0 radical (unpaired) electrons. The molecular formula is C6H5ClN4O. The number of anilines is 1. The van der Waals surface area contributed by atoms with E-state index in [2.05, 4.69) is 4.98 Å². The fraction of sp³-hybridized carbons (Fsp3) is 0.167. The summed E-state index contributed by atoms with van der Waals surface area (Å²) >= 11 is 5.20. The minimum absolute atomic E-state index is 0.0247. The number of rotatable bonds is 1. The molecule has 62 valence electrons. The van der Waals surface area contributed by atoms with Gasteiger partial charge < -0.3 is 10.3 Å².